The van der Waals surface area contributed by atoms with E-state index in [1.165, 1.54) is 5.56 Å². The quantitative estimate of drug-likeness (QED) is 0.873. The normalized spacial score (nSPS) is 40.8. The molecule has 3 saturated heterocycles. The molecule has 2 bridgehead atoms. The van der Waals surface area contributed by atoms with E-state index in [0.29, 0.717) is 18.3 Å². The summed E-state index contributed by atoms with van der Waals surface area (Å²) in [6, 6.07) is 10.6. The Balaban J connectivity index is 1.16. The molecule has 0 spiro atoms. The highest BCUT2D eigenvalue weighted by Crippen LogP contribution is 2.47. The maximum absolute atomic E-state index is 12.7. The second-order valence-electron chi connectivity index (χ2n) is 7.84. The fourth-order valence-corrected chi connectivity index (χ4v) is 6.93. The van der Waals surface area contributed by atoms with E-state index in [-0.39, 0.29) is 23.5 Å². The van der Waals surface area contributed by atoms with Gasteiger partial charge in [0.05, 0.1) is 12.2 Å². The molecule has 1 N–H and O–H groups in total. The van der Waals surface area contributed by atoms with Crippen LogP contribution in [0.3, 0.4) is 0 Å². The Labute approximate surface area is 143 Å². The van der Waals surface area contributed by atoms with Crippen LogP contribution in [0.4, 0.5) is 0 Å². The molecule has 24 heavy (non-hydrogen) atoms. The van der Waals surface area contributed by atoms with Crippen molar-refractivity contribution in [2.75, 3.05) is 13.1 Å². The summed E-state index contributed by atoms with van der Waals surface area (Å²) in [6.45, 7) is 2.97. The van der Waals surface area contributed by atoms with Crippen molar-refractivity contribution >= 4 is 10.0 Å². The number of hydrogen-bond acceptors (Lipinski definition) is 4. The molecule has 0 amide bonds. The Morgan fingerprint density at radius 3 is 2.50 bits per heavy atom. The van der Waals surface area contributed by atoms with Gasteiger partial charge in [-0.15, -0.1) is 0 Å². The van der Waals surface area contributed by atoms with Crippen molar-refractivity contribution in [2.24, 2.45) is 11.8 Å². The van der Waals surface area contributed by atoms with Crippen LogP contribution in [-0.2, 0) is 21.3 Å². The third-order valence-corrected chi connectivity index (χ3v) is 8.16. The minimum absolute atomic E-state index is 0.0688. The third kappa shape index (κ3) is 2.60. The first-order valence-corrected chi connectivity index (χ1v) is 10.6. The Morgan fingerprint density at radius 2 is 1.88 bits per heavy atom. The van der Waals surface area contributed by atoms with Crippen molar-refractivity contribution in [2.45, 2.75) is 49.3 Å². The predicted molar refractivity (Wildman–Crippen MR) is 90.8 cm³/mol. The SMILES string of the molecule is O=S(=O)(NC1[C@H]2CN(Cc3ccccc3)C[C@@H]12)C1CC2CCC1O2. The van der Waals surface area contributed by atoms with Crippen molar-refractivity contribution in [1.82, 2.24) is 9.62 Å². The predicted octanol–water partition coefficient (Wildman–Crippen LogP) is 1.36. The lowest BCUT2D eigenvalue weighted by molar-refractivity contribution is 0.105. The number of fused-ring (bicyclic) bond motifs is 3. The molecule has 0 aromatic heterocycles. The molecule has 6 heteroatoms. The van der Waals surface area contributed by atoms with Crippen LogP contribution in [0.25, 0.3) is 0 Å². The van der Waals surface area contributed by atoms with Crippen LogP contribution in [-0.4, -0.2) is 49.9 Å². The van der Waals surface area contributed by atoms with Crippen LogP contribution in [0.1, 0.15) is 24.8 Å². The van der Waals surface area contributed by atoms with E-state index in [1.54, 1.807) is 0 Å². The van der Waals surface area contributed by atoms with Gasteiger partial charge in [0.15, 0.2) is 0 Å². The van der Waals surface area contributed by atoms with Gasteiger partial charge in [0, 0.05) is 25.7 Å². The number of ether oxygens (including phenoxy) is 1. The molecule has 5 rings (SSSR count). The number of likely N-dealkylation sites (tertiary alicyclic amines) is 1. The molecule has 0 radical (unpaired) electrons. The van der Waals surface area contributed by atoms with Crippen LogP contribution in [0, 0.1) is 11.8 Å². The van der Waals surface area contributed by atoms with Gasteiger partial charge in [0.25, 0.3) is 0 Å². The number of piperidine rings is 1. The van der Waals surface area contributed by atoms with E-state index in [9.17, 15) is 8.42 Å². The Bertz CT molecular complexity index is 711. The highest BCUT2D eigenvalue weighted by molar-refractivity contribution is 7.90. The second kappa shape index (κ2) is 5.53. The highest BCUT2D eigenvalue weighted by atomic mass is 32.2. The van der Waals surface area contributed by atoms with Crippen LogP contribution in [0.15, 0.2) is 30.3 Å². The molecule has 4 unspecified atom stereocenters. The number of nitrogens with zero attached hydrogens (tertiary/aromatic N) is 1. The lowest BCUT2D eigenvalue weighted by atomic mass is 10.0. The van der Waals surface area contributed by atoms with Gasteiger partial charge in [-0.3, -0.25) is 4.90 Å². The van der Waals surface area contributed by atoms with E-state index in [4.69, 9.17) is 4.74 Å². The molecule has 3 aliphatic heterocycles. The van der Waals surface area contributed by atoms with Gasteiger partial charge in [-0.1, -0.05) is 30.3 Å². The zero-order chi connectivity index (χ0) is 16.3. The molecule has 5 nitrogen and oxygen atoms in total. The summed E-state index contributed by atoms with van der Waals surface area (Å²) < 4.78 is 34.1. The molecule has 3 heterocycles. The van der Waals surface area contributed by atoms with Gasteiger partial charge in [-0.25, -0.2) is 13.1 Å². The van der Waals surface area contributed by atoms with Gasteiger partial charge in [0.1, 0.15) is 5.25 Å². The molecule has 1 aromatic rings. The number of hydrogen-bond donors (Lipinski definition) is 1. The first-order valence-electron chi connectivity index (χ1n) is 9.03. The van der Waals surface area contributed by atoms with Crippen molar-refractivity contribution in [1.29, 1.82) is 0 Å². The topological polar surface area (TPSA) is 58.6 Å². The van der Waals surface area contributed by atoms with Gasteiger partial charge in [0.2, 0.25) is 10.0 Å². The lowest BCUT2D eigenvalue weighted by Gasteiger charge is -2.22. The summed E-state index contributed by atoms with van der Waals surface area (Å²) in [5, 5.41) is -0.321. The largest absolute Gasteiger partial charge is 0.374 e. The van der Waals surface area contributed by atoms with E-state index in [2.05, 4.69) is 33.9 Å². The molecular weight excluding hydrogens is 324 g/mol. The molecular formula is C18H24N2O3S. The summed E-state index contributed by atoms with van der Waals surface area (Å²) >= 11 is 0. The van der Waals surface area contributed by atoms with Crippen LogP contribution in [0.5, 0.6) is 0 Å². The van der Waals surface area contributed by atoms with E-state index < -0.39 is 10.0 Å². The van der Waals surface area contributed by atoms with Crippen LogP contribution in [0.2, 0.25) is 0 Å². The minimum atomic E-state index is -3.24. The average Bonchev–Trinajstić information content (AvgIpc) is 3.07. The Kier molecular flexibility index (Phi) is 3.53. The van der Waals surface area contributed by atoms with Gasteiger partial charge in [-0.05, 0) is 36.7 Å². The third-order valence-electron chi connectivity index (χ3n) is 6.27. The Morgan fingerprint density at radius 1 is 1.12 bits per heavy atom. The van der Waals surface area contributed by atoms with Crippen molar-refractivity contribution in [3.8, 4) is 0 Å². The zero-order valence-electron chi connectivity index (χ0n) is 13.7. The van der Waals surface area contributed by atoms with Crippen molar-refractivity contribution in [3.63, 3.8) is 0 Å². The molecule has 4 fully saturated rings. The zero-order valence-corrected chi connectivity index (χ0v) is 14.5. The Hall–Kier alpha value is -0.950. The van der Waals surface area contributed by atoms with Gasteiger partial charge < -0.3 is 4.74 Å². The first-order chi connectivity index (χ1) is 11.6. The highest BCUT2D eigenvalue weighted by Gasteiger charge is 2.58. The maximum atomic E-state index is 12.7. The molecule has 1 saturated carbocycles. The summed E-state index contributed by atoms with van der Waals surface area (Å²) in [5.74, 6) is 0.978. The molecule has 4 aliphatic rings. The molecule has 1 aliphatic carbocycles. The first kappa shape index (κ1) is 15.3. The standard InChI is InChI=1S/C18H24N2O3S/c21-24(22,17-8-13-6-7-16(17)23-13)19-18-14-10-20(11-15(14)18)9-12-4-2-1-3-5-12/h1-5,13-19H,6-11H2/t13?,14-,15+,16?,17?,18?. The molecule has 6 atom stereocenters. The fraction of sp³-hybridized carbons (Fsp3) is 0.667. The average molecular weight is 348 g/mol. The number of nitrogens with one attached hydrogen (secondary N) is 1. The monoisotopic (exact) mass is 348 g/mol. The van der Waals surface area contributed by atoms with Crippen LogP contribution < -0.4 is 4.72 Å². The number of sulfonamides is 1. The number of rotatable bonds is 5. The van der Waals surface area contributed by atoms with Crippen LogP contribution >= 0.6 is 0 Å². The fourth-order valence-electron chi connectivity index (χ4n) is 4.95. The van der Waals surface area contributed by atoms with E-state index in [0.717, 1.165) is 32.5 Å². The van der Waals surface area contributed by atoms with Gasteiger partial charge in [-0.2, -0.15) is 0 Å². The maximum Gasteiger partial charge on any atom is 0.217 e. The summed E-state index contributed by atoms with van der Waals surface area (Å²) in [4.78, 5) is 2.44. The van der Waals surface area contributed by atoms with E-state index >= 15 is 0 Å². The smallest absolute Gasteiger partial charge is 0.217 e. The summed E-state index contributed by atoms with van der Waals surface area (Å²) in [5.41, 5.74) is 1.33. The minimum Gasteiger partial charge on any atom is -0.374 e. The van der Waals surface area contributed by atoms with Crippen molar-refractivity contribution < 1.29 is 13.2 Å². The lowest BCUT2D eigenvalue weighted by Crippen LogP contribution is -2.43. The van der Waals surface area contributed by atoms with E-state index in [1.807, 2.05) is 6.07 Å². The van der Waals surface area contributed by atoms with Crippen molar-refractivity contribution in [3.05, 3.63) is 35.9 Å². The molecule has 130 valence electrons. The molecule has 1 aromatic carbocycles. The number of benzene rings is 1. The summed E-state index contributed by atoms with van der Waals surface area (Å²) in [6.07, 6.45) is 2.72. The second-order valence-corrected chi connectivity index (χ2v) is 9.78. The van der Waals surface area contributed by atoms with Gasteiger partial charge >= 0.3 is 0 Å². The summed E-state index contributed by atoms with van der Waals surface area (Å²) in [7, 11) is -3.24.